The largest absolute Gasteiger partial charge is 0.309 e. The molecule has 1 aromatic heterocycles. The Morgan fingerprint density at radius 1 is 1.00 bits per heavy atom. The molecule has 1 N–H and O–H groups in total. The zero-order valence-electron chi connectivity index (χ0n) is 16.1. The Labute approximate surface area is 176 Å². The van der Waals surface area contributed by atoms with Crippen LogP contribution in [0.3, 0.4) is 0 Å². The molecular formula is C22H16N4O5. The molecular weight excluding hydrogens is 400 g/mol. The van der Waals surface area contributed by atoms with Crippen LogP contribution in [0, 0.1) is 10.1 Å². The Morgan fingerprint density at radius 3 is 2.29 bits per heavy atom. The minimum Gasteiger partial charge on any atom is -0.309 e. The fourth-order valence-corrected chi connectivity index (χ4v) is 3.46. The lowest BCUT2D eigenvalue weighted by Crippen LogP contribution is -2.48. The summed E-state index contributed by atoms with van der Waals surface area (Å²) >= 11 is 0. The van der Waals surface area contributed by atoms with Gasteiger partial charge in [0.1, 0.15) is 11.9 Å². The quantitative estimate of drug-likeness (QED) is 0.374. The summed E-state index contributed by atoms with van der Waals surface area (Å²) in [5, 5.41) is 13.7. The summed E-state index contributed by atoms with van der Waals surface area (Å²) < 4.78 is 0. The van der Waals surface area contributed by atoms with E-state index in [0.29, 0.717) is 5.56 Å². The Balaban J connectivity index is 1.70. The van der Waals surface area contributed by atoms with Gasteiger partial charge >= 0.3 is 0 Å². The summed E-state index contributed by atoms with van der Waals surface area (Å²) in [5.41, 5.74) is 0.708. The van der Waals surface area contributed by atoms with Crippen molar-refractivity contribution in [2.75, 3.05) is 5.32 Å². The third kappa shape index (κ3) is 3.88. The van der Waals surface area contributed by atoms with Crippen LogP contribution in [0.15, 0.2) is 72.9 Å². The van der Waals surface area contributed by atoms with E-state index in [2.05, 4.69) is 10.3 Å². The van der Waals surface area contributed by atoms with Crippen molar-refractivity contribution in [1.82, 2.24) is 9.88 Å². The van der Waals surface area contributed by atoms with Crippen LogP contribution in [0.5, 0.6) is 0 Å². The van der Waals surface area contributed by atoms with E-state index in [4.69, 9.17) is 0 Å². The van der Waals surface area contributed by atoms with E-state index in [1.165, 1.54) is 36.5 Å². The molecule has 0 saturated carbocycles. The Morgan fingerprint density at radius 2 is 1.68 bits per heavy atom. The highest BCUT2D eigenvalue weighted by Crippen LogP contribution is 2.27. The van der Waals surface area contributed by atoms with Gasteiger partial charge < -0.3 is 5.32 Å². The van der Waals surface area contributed by atoms with E-state index in [-0.39, 0.29) is 29.1 Å². The predicted octanol–water partition coefficient (Wildman–Crippen LogP) is 2.84. The lowest BCUT2D eigenvalue weighted by atomic mass is 10.0. The molecule has 154 valence electrons. The highest BCUT2D eigenvalue weighted by Gasteiger charge is 2.42. The molecule has 0 saturated heterocycles. The molecule has 0 radical (unpaired) electrons. The van der Waals surface area contributed by atoms with E-state index < -0.39 is 28.7 Å². The number of imide groups is 1. The third-order valence-electron chi connectivity index (χ3n) is 4.91. The number of fused-ring (bicyclic) bond motifs is 1. The maximum Gasteiger partial charge on any atom is 0.269 e. The SMILES string of the molecule is O=C(Nc1ccccn1)C(Cc1cccc([N+](=O)[O-])c1)N1C(=O)c2ccccc2C1=O. The molecule has 1 aliphatic heterocycles. The molecule has 2 aromatic carbocycles. The Bertz CT molecular complexity index is 1160. The lowest BCUT2D eigenvalue weighted by molar-refractivity contribution is -0.384. The van der Waals surface area contributed by atoms with Gasteiger partial charge in [0.2, 0.25) is 5.91 Å². The third-order valence-corrected chi connectivity index (χ3v) is 4.91. The first-order valence-electron chi connectivity index (χ1n) is 9.38. The number of pyridine rings is 1. The van der Waals surface area contributed by atoms with Gasteiger partial charge in [-0.15, -0.1) is 0 Å². The summed E-state index contributed by atoms with van der Waals surface area (Å²) in [7, 11) is 0. The first kappa shape index (κ1) is 19.9. The Hall–Kier alpha value is -4.40. The van der Waals surface area contributed by atoms with Crippen molar-refractivity contribution in [3.63, 3.8) is 0 Å². The van der Waals surface area contributed by atoms with Crippen LogP contribution < -0.4 is 5.32 Å². The van der Waals surface area contributed by atoms with Crippen molar-refractivity contribution < 1.29 is 19.3 Å². The summed E-state index contributed by atoms with van der Waals surface area (Å²) in [4.78, 5) is 54.6. The second kappa shape index (κ2) is 8.15. The number of benzene rings is 2. The van der Waals surface area contributed by atoms with Crippen LogP contribution >= 0.6 is 0 Å². The molecule has 0 fully saturated rings. The lowest BCUT2D eigenvalue weighted by Gasteiger charge is -2.25. The van der Waals surface area contributed by atoms with Crippen molar-refractivity contribution in [3.8, 4) is 0 Å². The summed E-state index contributed by atoms with van der Waals surface area (Å²) in [6, 6.07) is 15.8. The summed E-state index contributed by atoms with van der Waals surface area (Å²) in [5.74, 6) is -1.55. The van der Waals surface area contributed by atoms with Gasteiger partial charge in [-0.05, 0) is 29.8 Å². The van der Waals surface area contributed by atoms with Gasteiger partial charge in [0.15, 0.2) is 0 Å². The zero-order valence-corrected chi connectivity index (χ0v) is 16.1. The average Bonchev–Trinajstić information content (AvgIpc) is 3.03. The van der Waals surface area contributed by atoms with Gasteiger partial charge in [-0.25, -0.2) is 4.98 Å². The summed E-state index contributed by atoms with van der Waals surface area (Å²) in [6.45, 7) is 0. The molecule has 2 heterocycles. The molecule has 9 heteroatoms. The van der Waals surface area contributed by atoms with Gasteiger partial charge in [0, 0.05) is 24.8 Å². The number of nitro benzene ring substituents is 1. The molecule has 1 unspecified atom stereocenters. The number of non-ortho nitro benzene ring substituents is 1. The Kier molecular flexibility index (Phi) is 5.23. The molecule has 4 rings (SSSR count). The van der Waals surface area contributed by atoms with Crippen LogP contribution in [0.2, 0.25) is 0 Å². The summed E-state index contributed by atoms with van der Waals surface area (Å²) in [6.07, 6.45) is 1.40. The predicted molar refractivity (Wildman–Crippen MR) is 110 cm³/mol. The number of anilines is 1. The fourth-order valence-electron chi connectivity index (χ4n) is 3.46. The van der Waals surface area contributed by atoms with Crippen molar-refractivity contribution in [2.45, 2.75) is 12.5 Å². The fraction of sp³-hybridized carbons (Fsp3) is 0.0909. The van der Waals surface area contributed by atoms with Gasteiger partial charge in [-0.2, -0.15) is 0 Å². The van der Waals surface area contributed by atoms with Crippen LogP contribution in [0.4, 0.5) is 11.5 Å². The number of amides is 3. The smallest absolute Gasteiger partial charge is 0.269 e. The van der Waals surface area contributed by atoms with Gasteiger partial charge in [0.25, 0.3) is 17.5 Å². The van der Waals surface area contributed by atoms with Crippen LogP contribution in [0.1, 0.15) is 26.3 Å². The molecule has 1 atom stereocenters. The molecule has 3 aromatic rings. The number of hydrogen-bond donors (Lipinski definition) is 1. The molecule has 9 nitrogen and oxygen atoms in total. The number of aromatic nitrogens is 1. The minimum absolute atomic E-state index is 0.0915. The highest BCUT2D eigenvalue weighted by atomic mass is 16.6. The van der Waals surface area contributed by atoms with E-state index >= 15 is 0 Å². The van der Waals surface area contributed by atoms with Crippen molar-refractivity contribution >= 4 is 29.2 Å². The molecule has 0 aliphatic carbocycles. The van der Waals surface area contributed by atoms with Gasteiger partial charge in [-0.1, -0.05) is 30.3 Å². The number of nitro groups is 1. The number of carbonyl (C=O) groups is 3. The second-order valence-corrected chi connectivity index (χ2v) is 6.88. The van der Waals surface area contributed by atoms with Crippen LogP contribution in [-0.2, 0) is 11.2 Å². The average molecular weight is 416 g/mol. The van der Waals surface area contributed by atoms with Crippen molar-refractivity contribution in [1.29, 1.82) is 0 Å². The maximum absolute atomic E-state index is 13.1. The van der Waals surface area contributed by atoms with E-state index in [1.807, 2.05) is 0 Å². The maximum atomic E-state index is 13.1. The number of nitrogens with one attached hydrogen (secondary N) is 1. The monoisotopic (exact) mass is 416 g/mol. The van der Waals surface area contributed by atoms with Crippen LogP contribution in [0.25, 0.3) is 0 Å². The van der Waals surface area contributed by atoms with Gasteiger partial charge in [-0.3, -0.25) is 29.4 Å². The normalized spacial score (nSPS) is 13.6. The highest BCUT2D eigenvalue weighted by molar-refractivity contribution is 6.23. The molecule has 3 amide bonds. The standard InChI is InChI=1S/C22H16N4O5/c27-20(24-19-10-3-4-11-23-19)18(13-14-6-5-7-15(12-14)26(30)31)25-21(28)16-8-1-2-9-17(16)22(25)29/h1-12,18H,13H2,(H,23,24,27). The van der Waals surface area contributed by atoms with Crippen molar-refractivity contribution in [3.05, 3.63) is 99.7 Å². The number of nitrogens with zero attached hydrogens (tertiary/aromatic N) is 3. The number of rotatable bonds is 6. The topological polar surface area (TPSA) is 123 Å². The van der Waals surface area contributed by atoms with E-state index in [0.717, 1.165) is 4.90 Å². The van der Waals surface area contributed by atoms with Crippen LogP contribution in [-0.4, -0.2) is 38.6 Å². The first-order valence-corrected chi connectivity index (χ1v) is 9.38. The van der Waals surface area contributed by atoms with E-state index in [9.17, 15) is 24.5 Å². The zero-order chi connectivity index (χ0) is 22.0. The van der Waals surface area contributed by atoms with Crippen molar-refractivity contribution in [2.24, 2.45) is 0 Å². The minimum atomic E-state index is -1.23. The van der Waals surface area contributed by atoms with E-state index in [1.54, 1.807) is 36.4 Å². The number of carbonyl (C=O) groups excluding carboxylic acids is 3. The second-order valence-electron chi connectivity index (χ2n) is 6.88. The number of hydrogen-bond acceptors (Lipinski definition) is 6. The first-order chi connectivity index (χ1) is 15.0. The van der Waals surface area contributed by atoms with Gasteiger partial charge in [0.05, 0.1) is 16.1 Å². The molecule has 0 spiro atoms. The molecule has 31 heavy (non-hydrogen) atoms. The molecule has 1 aliphatic rings. The molecule has 0 bridgehead atoms.